The largest absolute Gasteiger partial charge is 0.376 e. The first-order valence-corrected chi connectivity index (χ1v) is 8.90. The standard InChI is InChI=1S/C17H18N4O2S/c22-16(17-20-14-6-1-2-7-15(14)24-17)19-12-9-18-21(10-12)11-13-5-3-4-8-23-13/h1-2,6-7,9-10,13H,3-5,8,11H2,(H,19,22). The summed E-state index contributed by atoms with van der Waals surface area (Å²) in [6.45, 7) is 1.55. The zero-order valence-corrected chi connectivity index (χ0v) is 14.0. The highest BCUT2D eigenvalue weighted by Crippen LogP contribution is 2.22. The lowest BCUT2D eigenvalue weighted by atomic mass is 10.1. The minimum atomic E-state index is -0.204. The van der Waals surface area contributed by atoms with Crippen molar-refractivity contribution in [1.29, 1.82) is 0 Å². The van der Waals surface area contributed by atoms with Gasteiger partial charge >= 0.3 is 0 Å². The molecule has 0 bridgehead atoms. The molecule has 0 aliphatic carbocycles. The van der Waals surface area contributed by atoms with Gasteiger partial charge in [-0.15, -0.1) is 11.3 Å². The van der Waals surface area contributed by atoms with Crippen molar-refractivity contribution in [3.63, 3.8) is 0 Å². The van der Waals surface area contributed by atoms with Crippen molar-refractivity contribution in [2.24, 2.45) is 0 Å². The second kappa shape index (κ2) is 6.70. The number of benzene rings is 1. The van der Waals surface area contributed by atoms with Crippen LogP contribution in [0.25, 0.3) is 10.2 Å². The van der Waals surface area contributed by atoms with Crippen LogP contribution in [0.15, 0.2) is 36.7 Å². The van der Waals surface area contributed by atoms with Crippen molar-refractivity contribution in [3.8, 4) is 0 Å². The first kappa shape index (κ1) is 15.3. The molecule has 6 nitrogen and oxygen atoms in total. The molecule has 4 rings (SSSR count). The van der Waals surface area contributed by atoms with Gasteiger partial charge in [0.1, 0.15) is 0 Å². The maximum atomic E-state index is 12.4. The molecule has 1 aliphatic heterocycles. The Morgan fingerprint density at radius 1 is 1.38 bits per heavy atom. The van der Waals surface area contributed by atoms with E-state index < -0.39 is 0 Å². The molecule has 24 heavy (non-hydrogen) atoms. The van der Waals surface area contributed by atoms with Crippen LogP contribution in [0.2, 0.25) is 0 Å². The van der Waals surface area contributed by atoms with Crippen molar-refractivity contribution in [2.75, 3.05) is 11.9 Å². The minimum Gasteiger partial charge on any atom is -0.376 e. The third-order valence-electron chi connectivity index (χ3n) is 4.04. The molecule has 1 saturated heterocycles. The number of carbonyl (C=O) groups excluding carboxylic acids is 1. The number of amides is 1. The molecule has 2 aromatic heterocycles. The number of aromatic nitrogens is 3. The average Bonchev–Trinajstić information content (AvgIpc) is 3.22. The number of hydrogen-bond donors (Lipinski definition) is 1. The molecule has 1 unspecified atom stereocenters. The third-order valence-corrected chi connectivity index (χ3v) is 5.08. The highest BCUT2D eigenvalue weighted by molar-refractivity contribution is 7.20. The van der Waals surface area contributed by atoms with E-state index in [1.54, 1.807) is 6.20 Å². The summed E-state index contributed by atoms with van der Waals surface area (Å²) >= 11 is 1.39. The van der Waals surface area contributed by atoms with Crippen LogP contribution in [0.3, 0.4) is 0 Å². The van der Waals surface area contributed by atoms with Crippen LogP contribution < -0.4 is 5.32 Å². The summed E-state index contributed by atoms with van der Waals surface area (Å²) in [5.41, 5.74) is 1.52. The molecule has 0 saturated carbocycles. The molecule has 124 valence electrons. The highest BCUT2D eigenvalue weighted by atomic mass is 32.1. The minimum absolute atomic E-state index is 0.204. The Morgan fingerprint density at radius 3 is 3.12 bits per heavy atom. The van der Waals surface area contributed by atoms with Gasteiger partial charge in [-0.25, -0.2) is 4.98 Å². The van der Waals surface area contributed by atoms with Crippen LogP contribution in [0.5, 0.6) is 0 Å². The normalized spacial score (nSPS) is 17.9. The Bertz CT molecular complexity index is 818. The lowest BCUT2D eigenvalue weighted by molar-refractivity contribution is 0.00401. The number of nitrogens with zero attached hydrogens (tertiary/aromatic N) is 3. The number of thiazole rings is 1. The van der Waals surface area contributed by atoms with E-state index in [0.29, 0.717) is 10.7 Å². The Kier molecular flexibility index (Phi) is 4.27. The van der Waals surface area contributed by atoms with Crippen molar-refractivity contribution >= 4 is 33.1 Å². The van der Waals surface area contributed by atoms with E-state index in [1.807, 2.05) is 35.1 Å². The molecular formula is C17H18N4O2S. The molecule has 1 atom stereocenters. The van der Waals surface area contributed by atoms with Gasteiger partial charge in [-0.1, -0.05) is 12.1 Å². The van der Waals surface area contributed by atoms with Gasteiger partial charge in [0.05, 0.1) is 34.7 Å². The molecule has 1 fully saturated rings. The van der Waals surface area contributed by atoms with E-state index in [1.165, 1.54) is 17.8 Å². The molecule has 3 heterocycles. The zero-order valence-electron chi connectivity index (χ0n) is 13.1. The number of hydrogen-bond acceptors (Lipinski definition) is 5. The van der Waals surface area contributed by atoms with Crippen LogP contribution in [-0.4, -0.2) is 33.4 Å². The van der Waals surface area contributed by atoms with Gasteiger partial charge in [0.2, 0.25) is 0 Å². The van der Waals surface area contributed by atoms with Crippen molar-refractivity contribution in [3.05, 3.63) is 41.7 Å². The molecule has 0 spiro atoms. The monoisotopic (exact) mass is 342 g/mol. The predicted molar refractivity (Wildman–Crippen MR) is 93.4 cm³/mol. The van der Waals surface area contributed by atoms with Crippen LogP contribution in [0.1, 0.15) is 29.1 Å². The zero-order chi connectivity index (χ0) is 16.4. The highest BCUT2D eigenvalue weighted by Gasteiger charge is 2.16. The molecule has 7 heteroatoms. The summed E-state index contributed by atoms with van der Waals surface area (Å²) in [5.74, 6) is -0.204. The fourth-order valence-corrected chi connectivity index (χ4v) is 3.70. The summed E-state index contributed by atoms with van der Waals surface area (Å²) in [6.07, 6.45) is 7.11. The first-order valence-electron chi connectivity index (χ1n) is 8.09. The Morgan fingerprint density at radius 2 is 2.29 bits per heavy atom. The fourth-order valence-electron chi connectivity index (χ4n) is 2.84. The van der Waals surface area contributed by atoms with Crippen molar-refractivity contribution in [1.82, 2.24) is 14.8 Å². The third kappa shape index (κ3) is 3.32. The van der Waals surface area contributed by atoms with E-state index in [-0.39, 0.29) is 12.0 Å². The Labute approximate surface area is 143 Å². The van der Waals surface area contributed by atoms with Gasteiger partial charge in [-0.2, -0.15) is 5.10 Å². The summed E-state index contributed by atoms with van der Waals surface area (Å²) < 4.78 is 8.55. The molecule has 0 radical (unpaired) electrons. The van der Waals surface area contributed by atoms with Crippen LogP contribution >= 0.6 is 11.3 Å². The summed E-state index contributed by atoms with van der Waals surface area (Å²) in [7, 11) is 0. The number of ether oxygens (including phenoxy) is 1. The summed E-state index contributed by atoms with van der Waals surface area (Å²) in [6, 6.07) is 7.73. The lowest BCUT2D eigenvalue weighted by Crippen LogP contribution is -2.24. The number of rotatable bonds is 4. The number of anilines is 1. The van der Waals surface area contributed by atoms with Crippen LogP contribution in [0.4, 0.5) is 5.69 Å². The van der Waals surface area contributed by atoms with E-state index in [2.05, 4.69) is 15.4 Å². The van der Waals surface area contributed by atoms with Crippen molar-refractivity contribution in [2.45, 2.75) is 31.9 Å². The van der Waals surface area contributed by atoms with Gasteiger partial charge in [-0.05, 0) is 31.4 Å². The Hall–Kier alpha value is -2.25. The van der Waals surface area contributed by atoms with E-state index in [9.17, 15) is 4.79 Å². The fraction of sp³-hybridized carbons (Fsp3) is 0.353. The summed E-state index contributed by atoms with van der Waals surface area (Å²) in [4.78, 5) is 16.7. The van der Waals surface area contributed by atoms with Crippen molar-refractivity contribution < 1.29 is 9.53 Å². The number of fused-ring (bicyclic) bond motifs is 1. The quantitative estimate of drug-likeness (QED) is 0.790. The van der Waals surface area contributed by atoms with Crippen LogP contribution in [-0.2, 0) is 11.3 Å². The van der Waals surface area contributed by atoms with E-state index >= 15 is 0 Å². The number of nitrogens with one attached hydrogen (secondary N) is 1. The second-order valence-corrected chi connectivity index (χ2v) is 6.91. The van der Waals surface area contributed by atoms with Gasteiger partial charge in [0.15, 0.2) is 5.01 Å². The predicted octanol–water partition coefficient (Wildman–Crippen LogP) is 3.31. The molecule has 1 aromatic carbocycles. The van der Waals surface area contributed by atoms with E-state index in [4.69, 9.17) is 4.74 Å². The first-order chi connectivity index (χ1) is 11.8. The smallest absolute Gasteiger partial charge is 0.284 e. The topological polar surface area (TPSA) is 69.0 Å². The number of para-hydroxylation sites is 1. The van der Waals surface area contributed by atoms with Gasteiger partial charge in [0.25, 0.3) is 5.91 Å². The molecule has 1 amide bonds. The SMILES string of the molecule is O=C(Nc1cnn(CC2CCCCO2)c1)c1nc2ccccc2s1. The molecule has 1 N–H and O–H groups in total. The average molecular weight is 342 g/mol. The van der Waals surface area contributed by atoms with E-state index in [0.717, 1.165) is 36.2 Å². The Balaban J connectivity index is 1.42. The number of carbonyl (C=O) groups is 1. The molecule has 3 aromatic rings. The van der Waals surface area contributed by atoms with Gasteiger partial charge in [0, 0.05) is 12.8 Å². The maximum absolute atomic E-state index is 12.4. The second-order valence-electron chi connectivity index (χ2n) is 5.88. The van der Waals surface area contributed by atoms with Gasteiger partial charge < -0.3 is 10.1 Å². The molecular weight excluding hydrogens is 324 g/mol. The van der Waals surface area contributed by atoms with Crippen LogP contribution in [0, 0.1) is 0 Å². The van der Waals surface area contributed by atoms with Gasteiger partial charge in [-0.3, -0.25) is 9.48 Å². The molecule has 1 aliphatic rings. The summed E-state index contributed by atoms with van der Waals surface area (Å²) in [5, 5.41) is 7.62. The maximum Gasteiger partial charge on any atom is 0.284 e. The lowest BCUT2D eigenvalue weighted by Gasteiger charge is -2.22.